The number of benzene rings is 1. The highest BCUT2D eigenvalue weighted by molar-refractivity contribution is 6.30. The molecule has 0 heterocycles. The number of unbranched alkanes of at least 4 members (excludes halogenated alkanes) is 2. The Hall–Kier alpha value is -2.66. The van der Waals surface area contributed by atoms with E-state index in [-0.39, 0.29) is 37.4 Å². The minimum absolute atomic E-state index is 0.0195. The van der Waals surface area contributed by atoms with Gasteiger partial charge in [0.15, 0.2) is 0 Å². The summed E-state index contributed by atoms with van der Waals surface area (Å²) in [6.07, 6.45) is 8.86. The van der Waals surface area contributed by atoms with Crippen molar-refractivity contribution in [3.05, 3.63) is 63.7 Å². The van der Waals surface area contributed by atoms with Gasteiger partial charge in [-0.25, -0.2) is 0 Å². The van der Waals surface area contributed by atoms with E-state index in [0.717, 1.165) is 0 Å². The van der Waals surface area contributed by atoms with Crippen LogP contribution in [0.3, 0.4) is 0 Å². The van der Waals surface area contributed by atoms with Gasteiger partial charge in [0.2, 0.25) is 5.91 Å². The third kappa shape index (κ3) is 11.8. The van der Waals surface area contributed by atoms with E-state index in [1.807, 2.05) is 12.2 Å². The molecular weight excluding hydrogens is 516 g/mol. The molecule has 38 heavy (non-hydrogen) atoms. The molecule has 1 fully saturated rings. The Morgan fingerprint density at radius 1 is 1.26 bits per heavy atom. The highest BCUT2D eigenvalue weighted by atomic mass is 35.5. The van der Waals surface area contributed by atoms with Crippen LogP contribution in [0.4, 0.5) is 0 Å². The minimum Gasteiger partial charge on any atom is -0.491 e. The lowest BCUT2D eigenvalue weighted by atomic mass is 9.89. The molecule has 0 spiro atoms. The zero-order valence-corrected chi connectivity index (χ0v) is 22.5. The average Bonchev–Trinajstić information content (AvgIpc) is 3.14. The van der Waals surface area contributed by atoms with Crippen molar-refractivity contribution in [2.24, 2.45) is 11.8 Å². The predicted molar refractivity (Wildman–Crippen MR) is 143 cm³/mol. The Morgan fingerprint density at radius 3 is 2.79 bits per heavy atom. The first-order chi connectivity index (χ1) is 18.2. The van der Waals surface area contributed by atoms with Crippen LogP contribution in [0.2, 0.25) is 5.02 Å². The molecule has 1 aliphatic rings. The molecule has 1 aromatic rings. The van der Waals surface area contributed by atoms with E-state index in [4.69, 9.17) is 16.3 Å². The standard InChI is InChI=1S/C27H39ClN2O8/c1-29(15-6-7-16-38-30(35)36)27(34)12-5-3-2-4-11-23-24(26(33)18-25(23)32)14-13-21(31)19-37-22-10-8-9-20(28)17-22/h2,4,8-10,13-14,17,21,23-26,31-33H,3,5-7,11-12,15-16,18-19H2,1H3/b4-2-,14-13+/t21-,23-,24-,25+,26-/m1/s1. The molecule has 0 aromatic heterocycles. The van der Waals surface area contributed by atoms with Gasteiger partial charge in [0.25, 0.3) is 5.09 Å². The summed E-state index contributed by atoms with van der Waals surface area (Å²) >= 11 is 5.93. The third-order valence-electron chi connectivity index (χ3n) is 6.53. The number of hydrogen-bond donors (Lipinski definition) is 3. The number of amides is 1. The average molecular weight is 555 g/mol. The molecule has 3 N–H and O–H groups in total. The number of carbonyl (C=O) groups is 1. The predicted octanol–water partition coefficient (Wildman–Crippen LogP) is 3.56. The molecule has 1 saturated carbocycles. The van der Waals surface area contributed by atoms with E-state index in [9.17, 15) is 30.2 Å². The fraction of sp³-hybridized carbons (Fsp3) is 0.593. The Balaban J connectivity index is 1.69. The highest BCUT2D eigenvalue weighted by Crippen LogP contribution is 2.36. The van der Waals surface area contributed by atoms with Gasteiger partial charge in [0, 0.05) is 37.4 Å². The fourth-order valence-corrected chi connectivity index (χ4v) is 4.59. The SMILES string of the molecule is CN(CCCCO[N+](=O)[O-])C(=O)CCC/C=C\C[C@@H]1[C@@H](/C=C/[C@@H](O)COc2cccc(Cl)c2)[C@H](O)C[C@@H]1O. The molecule has 10 nitrogen and oxygen atoms in total. The molecule has 0 saturated heterocycles. The topological polar surface area (TPSA) is 143 Å². The molecule has 1 aliphatic carbocycles. The number of ether oxygens (including phenoxy) is 1. The van der Waals surface area contributed by atoms with Crippen LogP contribution in [0.25, 0.3) is 0 Å². The second kappa shape index (κ2) is 17.0. The van der Waals surface area contributed by atoms with Crippen molar-refractivity contribution in [1.82, 2.24) is 4.90 Å². The van der Waals surface area contributed by atoms with Crippen LogP contribution in [0, 0.1) is 22.0 Å². The number of nitrogens with zero attached hydrogens (tertiary/aromatic N) is 2. The van der Waals surface area contributed by atoms with Gasteiger partial charge in [0.05, 0.1) is 18.8 Å². The van der Waals surface area contributed by atoms with Gasteiger partial charge < -0.3 is 29.8 Å². The second-order valence-corrected chi connectivity index (χ2v) is 9.95. The summed E-state index contributed by atoms with van der Waals surface area (Å²) in [5.41, 5.74) is 0. The third-order valence-corrected chi connectivity index (χ3v) is 6.77. The maximum atomic E-state index is 12.2. The zero-order valence-electron chi connectivity index (χ0n) is 21.7. The van der Waals surface area contributed by atoms with Crippen LogP contribution in [0.1, 0.15) is 44.9 Å². The summed E-state index contributed by atoms with van der Waals surface area (Å²) in [7, 11) is 1.72. The van der Waals surface area contributed by atoms with Gasteiger partial charge >= 0.3 is 0 Å². The van der Waals surface area contributed by atoms with Crippen molar-refractivity contribution in [3.63, 3.8) is 0 Å². The van der Waals surface area contributed by atoms with Gasteiger partial charge in [-0.1, -0.05) is 42.0 Å². The monoisotopic (exact) mass is 554 g/mol. The largest absolute Gasteiger partial charge is 0.491 e. The molecule has 2 rings (SSSR count). The maximum Gasteiger partial charge on any atom is 0.294 e. The van der Waals surface area contributed by atoms with Gasteiger partial charge in [0.1, 0.15) is 18.5 Å². The summed E-state index contributed by atoms with van der Waals surface area (Å²) in [5.74, 6) is 0.107. The Bertz CT molecular complexity index is 928. The van der Waals surface area contributed by atoms with Crippen LogP contribution in [-0.4, -0.2) is 76.3 Å². The first-order valence-corrected chi connectivity index (χ1v) is 13.3. The lowest BCUT2D eigenvalue weighted by Gasteiger charge is -2.19. The molecule has 212 valence electrons. The van der Waals surface area contributed by atoms with Gasteiger partial charge in [-0.15, -0.1) is 10.1 Å². The Morgan fingerprint density at radius 2 is 2.05 bits per heavy atom. The van der Waals surface area contributed by atoms with E-state index >= 15 is 0 Å². The number of aliphatic hydroxyl groups is 3. The smallest absolute Gasteiger partial charge is 0.294 e. The molecule has 1 aromatic carbocycles. The van der Waals surface area contributed by atoms with E-state index in [1.54, 1.807) is 48.4 Å². The van der Waals surface area contributed by atoms with Crippen molar-refractivity contribution >= 4 is 17.5 Å². The van der Waals surface area contributed by atoms with Crippen molar-refractivity contribution in [2.75, 3.05) is 26.8 Å². The van der Waals surface area contributed by atoms with Crippen LogP contribution >= 0.6 is 11.6 Å². The van der Waals surface area contributed by atoms with Gasteiger partial charge in [-0.3, -0.25) is 4.79 Å². The van der Waals surface area contributed by atoms with Gasteiger partial charge in [-0.2, -0.15) is 0 Å². The lowest BCUT2D eigenvalue weighted by Crippen LogP contribution is -2.27. The summed E-state index contributed by atoms with van der Waals surface area (Å²) in [5, 5.41) is 40.9. The first kappa shape index (κ1) is 31.6. The van der Waals surface area contributed by atoms with Crippen LogP contribution in [0.5, 0.6) is 5.75 Å². The molecule has 0 aliphatic heterocycles. The molecular formula is C27H39ClN2O8. The molecule has 0 bridgehead atoms. The minimum atomic E-state index is -0.875. The van der Waals surface area contributed by atoms with E-state index < -0.39 is 23.4 Å². The zero-order chi connectivity index (χ0) is 27.9. The van der Waals surface area contributed by atoms with Crippen molar-refractivity contribution < 1.29 is 34.8 Å². The van der Waals surface area contributed by atoms with E-state index in [1.165, 1.54) is 0 Å². The molecule has 5 atom stereocenters. The number of halogens is 1. The van der Waals surface area contributed by atoms with Crippen LogP contribution in [-0.2, 0) is 9.63 Å². The van der Waals surface area contributed by atoms with Crippen LogP contribution in [0.15, 0.2) is 48.6 Å². The Kier molecular flexibility index (Phi) is 14.1. The number of rotatable bonds is 17. The van der Waals surface area contributed by atoms with Crippen molar-refractivity contribution in [2.45, 2.75) is 63.3 Å². The summed E-state index contributed by atoms with van der Waals surface area (Å²) < 4.78 is 5.55. The summed E-state index contributed by atoms with van der Waals surface area (Å²) in [6.45, 7) is 0.590. The molecule has 0 unspecified atom stereocenters. The summed E-state index contributed by atoms with van der Waals surface area (Å²) in [6, 6.07) is 6.90. The number of allylic oxidation sites excluding steroid dienone is 2. The molecule has 1 amide bonds. The quantitative estimate of drug-likeness (QED) is 0.115. The summed E-state index contributed by atoms with van der Waals surface area (Å²) in [4.78, 5) is 28.2. The van der Waals surface area contributed by atoms with E-state index in [0.29, 0.717) is 55.8 Å². The van der Waals surface area contributed by atoms with Crippen molar-refractivity contribution in [3.8, 4) is 5.75 Å². The normalized spacial score (nSPS) is 22.1. The molecule has 11 heteroatoms. The first-order valence-electron chi connectivity index (χ1n) is 12.9. The van der Waals surface area contributed by atoms with Crippen LogP contribution < -0.4 is 4.74 Å². The van der Waals surface area contributed by atoms with Gasteiger partial charge in [-0.05, 0) is 56.2 Å². The number of hydrogen-bond acceptors (Lipinski definition) is 8. The fourth-order valence-electron chi connectivity index (χ4n) is 4.40. The maximum absolute atomic E-state index is 12.2. The Labute approximate surface area is 228 Å². The number of carbonyl (C=O) groups excluding carboxylic acids is 1. The number of aliphatic hydroxyl groups excluding tert-OH is 3. The van der Waals surface area contributed by atoms with Crippen molar-refractivity contribution in [1.29, 1.82) is 0 Å². The van der Waals surface area contributed by atoms with E-state index in [2.05, 4.69) is 4.84 Å². The molecule has 0 radical (unpaired) electrons. The second-order valence-electron chi connectivity index (χ2n) is 9.51. The highest BCUT2D eigenvalue weighted by Gasteiger charge is 2.39. The lowest BCUT2D eigenvalue weighted by molar-refractivity contribution is -0.757.